The molecular formula is C15H13N5O. The van der Waals surface area contributed by atoms with Crippen LogP contribution in [0, 0.1) is 0 Å². The molecule has 6 heteroatoms. The Morgan fingerprint density at radius 3 is 2.76 bits per heavy atom. The second kappa shape index (κ2) is 5.09. The van der Waals surface area contributed by atoms with E-state index < -0.39 is 5.91 Å². The predicted octanol–water partition coefficient (Wildman–Crippen LogP) is 1.62. The van der Waals surface area contributed by atoms with Crippen LogP contribution in [-0.2, 0) is 0 Å². The minimum atomic E-state index is -0.573. The predicted molar refractivity (Wildman–Crippen MR) is 79.7 cm³/mol. The van der Waals surface area contributed by atoms with Crippen molar-refractivity contribution >= 4 is 11.6 Å². The highest BCUT2D eigenvalue weighted by Crippen LogP contribution is 2.25. The number of rotatable bonds is 3. The van der Waals surface area contributed by atoms with E-state index in [1.54, 1.807) is 23.0 Å². The number of hydrogen-bond donors (Lipinski definition) is 2. The first-order valence-corrected chi connectivity index (χ1v) is 6.31. The quantitative estimate of drug-likeness (QED) is 0.711. The fourth-order valence-corrected chi connectivity index (χ4v) is 2.06. The van der Waals surface area contributed by atoms with E-state index in [0.29, 0.717) is 11.4 Å². The van der Waals surface area contributed by atoms with E-state index in [0.717, 1.165) is 11.1 Å². The van der Waals surface area contributed by atoms with E-state index in [1.807, 2.05) is 30.5 Å². The molecule has 0 atom stereocenters. The van der Waals surface area contributed by atoms with Crippen molar-refractivity contribution in [1.82, 2.24) is 14.8 Å². The third kappa shape index (κ3) is 2.46. The highest BCUT2D eigenvalue weighted by Gasteiger charge is 2.08. The summed E-state index contributed by atoms with van der Waals surface area (Å²) in [4.78, 5) is 15.1. The Bertz CT molecular complexity index is 809. The van der Waals surface area contributed by atoms with Crippen molar-refractivity contribution in [3.05, 3.63) is 60.7 Å². The van der Waals surface area contributed by atoms with Crippen molar-refractivity contribution in [1.29, 1.82) is 0 Å². The minimum absolute atomic E-state index is 0.198. The molecule has 0 spiro atoms. The number of aromatic nitrogens is 3. The largest absolute Gasteiger partial charge is 0.398 e. The van der Waals surface area contributed by atoms with Crippen molar-refractivity contribution in [2.24, 2.45) is 5.73 Å². The van der Waals surface area contributed by atoms with E-state index >= 15 is 0 Å². The highest BCUT2D eigenvalue weighted by atomic mass is 16.1. The maximum absolute atomic E-state index is 11.2. The molecule has 4 N–H and O–H groups in total. The number of nitrogens with two attached hydrogens (primary N) is 2. The molecule has 3 rings (SSSR count). The summed E-state index contributed by atoms with van der Waals surface area (Å²) in [6.07, 6.45) is 5.08. The molecule has 0 radical (unpaired) electrons. The minimum Gasteiger partial charge on any atom is -0.398 e. The fraction of sp³-hybridized carbons (Fsp3) is 0. The van der Waals surface area contributed by atoms with Gasteiger partial charge >= 0.3 is 0 Å². The normalized spacial score (nSPS) is 10.5. The first-order chi connectivity index (χ1) is 10.1. The smallest absolute Gasteiger partial charge is 0.267 e. The standard InChI is InChI=1S/C15H13N5O/c16-13-4-2-1-3-12(13)10-8-19-20(9-10)11-5-6-18-14(7-11)15(17)21/h1-9H,16H2,(H2,17,21). The van der Waals surface area contributed by atoms with Gasteiger partial charge in [-0.25, -0.2) is 4.68 Å². The lowest BCUT2D eigenvalue weighted by Gasteiger charge is -2.03. The van der Waals surface area contributed by atoms with Gasteiger partial charge in [0, 0.05) is 29.2 Å². The van der Waals surface area contributed by atoms with Gasteiger partial charge in [-0.1, -0.05) is 18.2 Å². The number of carbonyl (C=O) groups excluding carboxylic acids is 1. The Balaban J connectivity index is 2.01. The SMILES string of the molecule is NC(=O)c1cc(-n2cc(-c3ccccc3N)cn2)ccn1. The van der Waals surface area contributed by atoms with Crippen LogP contribution in [-0.4, -0.2) is 20.7 Å². The topological polar surface area (TPSA) is 99.8 Å². The van der Waals surface area contributed by atoms with Gasteiger partial charge in [-0.15, -0.1) is 0 Å². The first-order valence-electron chi connectivity index (χ1n) is 6.31. The molecule has 0 saturated heterocycles. The van der Waals surface area contributed by atoms with E-state index in [4.69, 9.17) is 11.5 Å². The van der Waals surface area contributed by atoms with Crippen molar-refractivity contribution in [3.8, 4) is 16.8 Å². The van der Waals surface area contributed by atoms with Gasteiger partial charge in [0.25, 0.3) is 5.91 Å². The molecule has 2 aromatic heterocycles. The number of carbonyl (C=O) groups is 1. The zero-order chi connectivity index (χ0) is 14.8. The molecule has 0 unspecified atom stereocenters. The lowest BCUT2D eigenvalue weighted by Crippen LogP contribution is -2.13. The Labute approximate surface area is 121 Å². The molecule has 0 fully saturated rings. The van der Waals surface area contributed by atoms with Gasteiger partial charge in [0.15, 0.2) is 0 Å². The van der Waals surface area contributed by atoms with Crippen LogP contribution in [0.25, 0.3) is 16.8 Å². The Hall–Kier alpha value is -3.15. The summed E-state index contributed by atoms with van der Waals surface area (Å²) < 4.78 is 1.65. The number of benzene rings is 1. The van der Waals surface area contributed by atoms with E-state index in [9.17, 15) is 4.79 Å². The molecule has 0 aliphatic heterocycles. The van der Waals surface area contributed by atoms with Crippen LogP contribution in [0.5, 0.6) is 0 Å². The number of para-hydroxylation sites is 1. The third-order valence-corrected chi connectivity index (χ3v) is 3.11. The van der Waals surface area contributed by atoms with Gasteiger partial charge in [-0.05, 0) is 18.2 Å². The van der Waals surface area contributed by atoms with Crippen LogP contribution in [0.2, 0.25) is 0 Å². The summed E-state index contributed by atoms with van der Waals surface area (Å²) in [5.74, 6) is -0.573. The number of pyridine rings is 1. The molecule has 21 heavy (non-hydrogen) atoms. The van der Waals surface area contributed by atoms with Gasteiger partial charge in [-0.3, -0.25) is 9.78 Å². The second-order valence-electron chi connectivity index (χ2n) is 4.52. The molecule has 0 saturated carbocycles. The zero-order valence-electron chi connectivity index (χ0n) is 11.1. The summed E-state index contributed by atoms with van der Waals surface area (Å²) in [6, 6.07) is 10.9. The molecule has 0 aliphatic carbocycles. The van der Waals surface area contributed by atoms with Gasteiger partial charge in [0.05, 0.1) is 11.9 Å². The maximum Gasteiger partial charge on any atom is 0.267 e. The van der Waals surface area contributed by atoms with Gasteiger partial charge in [0.2, 0.25) is 0 Å². The Kier molecular flexibility index (Phi) is 3.12. The monoisotopic (exact) mass is 279 g/mol. The van der Waals surface area contributed by atoms with Gasteiger partial charge < -0.3 is 11.5 Å². The van der Waals surface area contributed by atoms with Crippen LogP contribution >= 0.6 is 0 Å². The zero-order valence-corrected chi connectivity index (χ0v) is 11.1. The Morgan fingerprint density at radius 1 is 1.19 bits per heavy atom. The number of nitrogen functional groups attached to an aromatic ring is 1. The average Bonchev–Trinajstić information content (AvgIpc) is 2.97. The van der Waals surface area contributed by atoms with Crippen LogP contribution in [0.15, 0.2) is 55.0 Å². The van der Waals surface area contributed by atoms with Crippen molar-refractivity contribution in [2.75, 3.05) is 5.73 Å². The molecule has 3 aromatic rings. The number of primary amides is 1. The summed E-state index contributed by atoms with van der Waals surface area (Å²) in [5, 5.41) is 4.29. The summed E-state index contributed by atoms with van der Waals surface area (Å²) in [5.41, 5.74) is 14.6. The molecule has 0 aliphatic rings. The van der Waals surface area contributed by atoms with Crippen LogP contribution in [0.3, 0.4) is 0 Å². The molecular weight excluding hydrogens is 266 g/mol. The number of hydrogen-bond acceptors (Lipinski definition) is 4. The number of amides is 1. The average molecular weight is 279 g/mol. The van der Waals surface area contributed by atoms with Crippen molar-refractivity contribution in [2.45, 2.75) is 0 Å². The molecule has 2 heterocycles. The van der Waals surface area contributed by atoms with Gasteiger partial charge in [0.1, 0.15) is 5.69 Å². The van der Waals surface area contributed by atoms with E-state index in [-0.39, 0.29) is 5.69 Å². The van der Waals surface area contributed by atoms with E-state index in [1.165, 1.54) is 6.20 Å². The van der Waals surface area contributed by atoms with Crippen LogP contribution in [0.1, 0.15) is 10.5 Å². The van der Waals surface area contributed by atoms with Crippen molar-refractivity contribution in [3.63, 3.8) is 0 Å². The lowest BCUT2D eigenvalue weighted by molar-refractivity contribution is 0.0995. The molecule has 104 valence electrons. The van der Waals surface area contributed by atoms with Gasteiger partial charge in [-0.2, -0.15) is 5.10 Å². The molecule has 0 bridgehead atoms. The molecule has 1 amide bonds. The highest BCUT2D eigenvalue weighted by molar-refractivity contribution is 5.91. The first kappa shape index (κ1) is 12.9. The summed E-state index contributed by atoms with van der Waals surface area (Å²) >= 11 is 0. The summed E-state index contributed by atoms with van der Waals surface area (Å²) in [7, 11) is 0. The molecule has 1 aromatic carbocycles. The Morgan fingerprint density at radius 2 is 2.00 bits per heavy atom. The maximum atomic E-state index is 11.2. The third-order valence-electron chi connectivity index (χ3n) is 3.11. The second-order valence-corrected chi connectivity index (χ2v) is 4.52. The number of anilines is 1. The van der Waals surface area contributed by atoms with Crippen LogP contribution in [0.4, 0.5) is 5.69 Å². The fourth-order valence-electron chi connectivity index (χ4n) is 2.06. The lowest BCUT2D eigenvalue weighted by atomic mass is 10.1. The molecule has 6 nitrogen and oxygen atoms in total. The van der Waals surface area contributed by atoms with Crippen LogP contribution < -0.4 is 11.5 Å². The number of nitrogens with zero attached hydrogens (tertiary/aromatic N) is 3. The summed E-state index contributed by atoms with van der Waals surface area (Å²) in [6.45, 7) is 0. The van der Waals surface area contributed by atoms with E-state index in [2.05, 4.69) is 10.1 Å². The van der Waals surface area contributed by atoms with Crippen molar-refractivity contribution < 1.29 is 4.79 Å².